The van der Waals surface area contributed by atoms with Crippen LogP contribution in [0.5, 0.6) is 11.5 Å². The minimum absolute atomic E-state index is 0.144. The monoisotopic (exact) mass is 342 g/mol. The molecule has 1 aliphatic rings. The molecule has 1 amide bonds. The van der Waals surface area contributed by atoms with Crippen LogP contribution in [0.15, 0.2) is 48.7 Å². The summed E-state index contributed by atoms with van der Waals surface area (Å²) >= 11 is 0. The van der Waals surface area contributed by atoms with Crippen molar-refractivity contribution in [2.45, 2.75) is 6.42 Å². The van der Waals surface area contributed by atoms with Crippen LogP contribution in [0.1, 0.15) is 6.42 Å². The molecule has 132 valence electrons. The van der Waals surface area contributed by atoms with Gasteiger partial charge in [0.25, 0.3) is 5.82 Å². The zero-order valence-electron chi connectivity index (χ0n) is 14.5. The van der Waals surface area contributed by atoms with E-state index in [4.69, 9.17) is 9.47 Å². The Bertz CT molecular complexity index is 668. The van der Waals surface area contributed by atoms with Gasteiger partial charge in [-0.25, -0.2) is 4.98 Å². The van der Waals surface area contributed by atoms with Crippen molar-refractivity contribution in [3.05, 3.63) is 48.7 Å². The van der Waals surface area contributed by atoms with Gasteiger partial charge in [-0.1, -0.05) is 6.07 Å². The number of H-pyrrole nitrogens is 1. The number of carbonyl (C=O) groups excluding carboxylic acids is 1. The van der Waals surface area contributed by atoms with Crippen molar-refractivity contribution in [3.8, 4) is 11.5 Å². The van der Waals surface area contributed by atoms with Crippen LogP contribution in [0.25, 0.3) is 0 Å². The summed E-state index contributed by atoms with van der Waals surface area (Å²) in [6.07, 6.45) is 2.31. The lowest BCUT2D eigenvalue weighted by molar-refractivity contribution is -0.364. The predicted molar refractivity (Wildman–Crippen MR) is 94.9 cm³/mol. The second-order valence-corrected chi connectivity index (χ2v) is 5.89. The number of amides is 1. The Kier molecular flexibility index (Phi) is 5.72. The van der Waals surface area contributed by atoms with Crippen molar-refractivity contribution < 1.29 is 19.3 Å². The van der Waals surface area contributed by atoms with Gasteiger partial charge in [0.15, 0.2) is 0 Å². The molecule has 1 saturated heterocycles. The Morgan fingerprint density at radius 2 is 1.76 bits per heavy atom. The molecule has 25 heavy (non-hydrogen) atoms. The van der Waals surface area contributed by atoms with Crippen LogP contribution < -0.4 is 19.4 Å². The molecule has 2 aromatic rings. The van der Waals surface area contributed by atoms with Crippen LogP contribution in [0, 0.1) is 0 Å². The summed E-state index contributed by atoms with van der Waals surface area (Å²) in [5, 5.41) is 0. The smallest absolute Gasteiger partial charge is 0.274 e. The number of nitrogens with one attached hydrogen (secondary N) is 1. The lowest BCUT2D eigenvalue weighted by Crippen LogP contribution is -2.50. The second kappa shape index (κ2) is 8.37. The minimum Gasteiger partial charge on any atom is -0.497 e. The quantitative estimate of drug-likeness (QED) is 0.801. The zero-order valence-corrected chi connectivity index (χ0v) is 14.5. The van der Waals surface area contributed by atoms with E-state index in [9.17, 15) is 4.79 Å². The number of ether oxygens (including phenoxy) is 2. The molecule has 6 nitrogen and oxygen atoms in total. The van der Waals surface area contributed by atoms with Gasteiger partial charge >= 0.3 is 0 Å². The maximum atomic E-state index is 12.3. The number of aromatic nitrogens is 1. The lowest BCUT2D eigenvalue weighted by Gasteiger charge is -2.31. The van der Waals surface area contributed by atoms with Gasteiger partial charge in [-0.3, -0.25) is 9.69 Å². The maximum Gasteiger partial charge on any atom is 0.274 e. The van der Waals surface area contributed by atoms with E-state index in [1.54, 1.807) is 7.11 Å². The highest BCUT2D eigenvalue weighted by molar-refractivity contribution is 5.76. The van der Waals surface area contributed by atoms with E-state index in [0.29, 0.717) is 13.0 Å². The first-order valence-corrected chi connectivity index (χ1v) is 8.52. The van der Waals surface area contributed by atoms with Crippen molar-refractivity contribution in [3.63, 3.8) is 0 Å². The summed E-state index contributed by atoms with van der Waals surface area (Å²) in [5.74, 6) is 2.78. The van der Waals surface area contributed by atoms with Crippen molar-refractivity contribution >= 4 is 11.7 Å². The molecule has 3 rings (SSSR count). The van der Waals surface area contributed by atoms with Crippen molar-refractivity contribution in [1.82, 2.24) is 4.90 Å². The van der Waals surface area contributed by atoms with Gasteiger partial charge in [0.2, 0.25) is 5.91 Å². The summed E-state index contributed by atoms with van der Waals surface area (Å²) in [5.41, 5.74) is 0. The maximum absolute atomic E-state index is 12.3. The molecule has 1 N–H and O–H groups in total. The number of carbonyl (C=O) groups is 1. The molecule has 1 fully saturated rings. The van der Waals surface area contributed by atoms with Crippen LogP contribution in [-0.4, -0.2) is 50.7 Å². The average Bonchev–Trinajstić information content (AvgIpc) is 2.69. The third kappa shape index (κ3) is 4.62. The summed E-state index contributed by atoms with van der Waals surface area (Å²) in [6, 6.07) is 13.4. The number of benzene rings is 1. The molecule has 0 atom stereocenters. The number of anilines is 1. The van der Waals surface area contributed by atoms with Gasteiger partial charge in [0.1, 0.15) is 24.6 Å². The van der Waals surface area contributed by atoms with E-state index in [0.717, 1.165) is 43.5 Å². The van der Waals surface area contributed by atoms with Gasteiger partial charge in [-0.05, 0) is 30.3 Å². The summed E-state index contributed by atoms with van der Waals surface area (Å²) in [4.78, 5) is 19.7. The molecule has 1 aromatic heterocycles. The van der Waals surface area contributed by atoms with Gasteiger partial charge < -0.3 is 14.4 Å². The molecular weight excluding hydrogens is 318 g/mol. The summed E-state index contributed by atoms with van der Waals surface area (Å²) in [6.45, 7) is 3.54. The molecule has 0 bridgehead atoms. The molecule has 1 aliphatic heterocycles. The van der Waals surface area contributed by atoms with Crippen LogP contribution in [0.4, 0.5) is 5.82 Å². The fourth-order valence-corrected chi connectivity index (χ4v) is 2.86. The highest BCUT2D eigenvalue weighted by Crippen LogP contribution is 2.17. The van der Waals surface area contributed by atoms with Crippen molar-refractivity contribution in [1.29, 1.82) is 0 Å². The SMILES string of the molecule is COc1ccc(OCCC(=O)N2CCN(c3cccc[nH+]3)CC2)cc1. The summed E-state index contributed by atoms with van der Waals surface area (Å²) < 4.78 is 10.7. The van der Waals surface area contributed by atoms with E-state index in [1.165, 1.54) is 0 Å². The van der Waals surface area contributed by atoms with Gasteiger partial charge in [-0.2, -0.15) is 0 Å². The number of hydrogen-bond acceptors (Lipinski definition) is 4. The molecule has 0 radical (unpaired) electrons. The number of hydrogen-bond donors (Lipinski definition) is 0. The highest BCUT2D eigenvalue weighted by Gasteiger charge is 2.25. The first-order chi connectivity index (χ1) is 12.3. The average molecular weight is 342 g/mol. The van der Waals surface area contributed by atoms with E-state index < -0.39 is 0 Å². The van der Waals surface area contributed by atoms with Crippen LogP contribution in [0.2, 0.25) is 0 Å². The minimum atomic E-state index is 0.144. The Hall–Kier alpha value is -2.76. The Labute approximate surface area is 148 Å². The van der Waals surface area contributed by atoms with E-state index >= 15 is 0 Å². The lowest BCUT2D eigenvalue weighted by atomic mass is 10.2. The number of aromatic amines is 1. The molecule has 0 saturated carbocycles. The Morgan fingerprint density at radius 3 is 2.40 bits per heavy atom. The highest BCUT2D eigenvalue weighted by atomic mass is 16.5. The van der Waals surface area contributed by atoms with E-state index in [1.807, 2.05) is 47.5 Å². The van der Waals surface area contributed by atoms with Gasteiger partial charge in [0, 0.05) is 6.07 Å². The fourth-order valence-electron chi connectivity index (χ4n) is 2.86. The third-order valence-electron chi connectivity index (χ3n) is 4.31. The molecule has 1 aromatic carbocycles. The molecule has 0 unspecified atom stereocenters. The number of piperazine rings is 1. The standard InChI is InChI=1S/C19H23N3O3/c1-24-16-5-7-17(8-6-16)25-15-9-19(23)22-13-11-21(12-14-22)18-4-2-3-10-20-18/h2-8,10H,9,11-15H2,1H3/p+1. The summed E-state index contributed by atoms with van der Waals surface area (Å²) in [7, 11) is 1.63. The van der Waals surface area contributed by atoms with Gasteiger partial charge in [-0.15, -0.1) is 0 Å². The van der Waals surface area contributed by atoms with Gasteiger partial charge in [0.05, 0.1) is 39.4 Å². The molecule has 0 aliphatic carbocycles. The number of rotatable bonds is 6. The first kappa shape index (κ1) is 17.1. The fraction of sp³-hybridized carbons (Fsp3) is 0.368. The van der Waals surface area contributed by atoms with Crippen LogP contribution >= 0.6 is 0 Å². The number of methoxy groups -OCH3 is 1. The largest absolute Gasteiger partial charge is 0.497 e. The van der Waals surface area contributed by atoms with E-state index in [-0.39, 0.29) is 5.91 Å². The Balaban J connectivity index is 1.40. The normalized spacial score (nSPS) is 14.3. The van der Waals surface area contributed by atoms with Crippen molar-refractivity contribution in [2.24, 2.45) is 0 Å². The first-order valence-electron chi connectivity index (χ1n) is 8.52. The van der Waals surface area contributed by atoms with Crippen LogP contribution in [-0.2, 0) is 4.79 Å². The van der Waals surface area contributed by atoms with E-state index in [2.05, 4.69) is 16.0 Å². The molecule has 6 heteroatoms. The van der Waals surface area contributed by atoms with Crippen molar-refractivity contribution in [2.75, 3.05) is 44.8 Å². The third-order valence-corrected chi connectivity index (χ3v) is 4.31. The molecule has 2 heterocycles. The second-order valence-electron chi connectivity index (χ2n) is 5.89. The Morgan fingerprint density at radius 1 is 1.04 bits per heavy atom. The molecular formula is C19H24N3O3+. The number of pyridine rings is 1. The van der Waals surface area contributed by atoms with Crippen LogP contribution in [0.3, 0.4) is 0 Å². The predicted octanol–water partition coefficient (Wildman–Crippen LogP) is 1.63. The topological polar surface area (TPSA) is 56.2 Å². The zero-order chi connectivity index (χ0) is 17.5. The number of nitrogens with zero attached hydrogens (tertiary/aromatic N) is 2. The molecule has 0 spiro atoms.